The molecule has 1 aromatic carbocycles. The second kappa shape index (κ2) is 5.31. The van der Waals surface area contributed by atoms with E-state index < -0.39 is 16.5 Å². The van der Waals surface area contributed by atoms with Crippen molar-refractivity contribution in [3.8, 4) is 0 Å². The highest BCUT2D eigenvalue weighted by Gasteiger charge is 2.22. The molecule has 0 fully saturated rings. The number of rotatable bonds is 4. The van der Waals surface area contributed by atoms with Crippen molar-refractivity contribution in [1.29, 1.82) is 0 Å². The Labute approximate surface area is 113 Å². The fraction of sp³-hybridized carbons (Fsp3) is 0.0833. The first-order valence-corrected chi connectivity index (χ1v) is 5.59. The molecule has 1 amide bonds. The van der Waals surface area contributed by atoms with E-state index in [1.54, 1.807) is 12.1 Å². The Balaban J connectivity index is 2.17. The van der Waals surface area contributed by atoms with Crippen molar-refractivity contribution in [3.05, 3.63) is 51.8 Å². The maximum atomic E-state index is 11.9. The summed E-state index contributed by atoms with van der Waals surface area (Å²) in [5.41, 5.74) is 0.299. The largest absolute Gasteiger partial charge is 0.320 e. The number of nitro groups is 1. The number of carbonyl (C=O) groups is 2. The van der Waals surface area contributed by atoms with E-state index >= 15 is 0 Å². The molecule has 8 heteroatoms. The summed E-state index contributed by atoms with van der Waals surface area (Å²) >= 11 is 0. The fourth-order valence-electron chi connectivity index (χ4n) is 1.57. The fourth-order valence-corrected chi connectivity index (χ4v) is 1.57. The summed E-state index contributed by atoms with van der Waals surface area (Å²) in [6, 6.07) is 6.19. The van der Waals surface area contributed by atoms with Gasteiger partial charge < -0.3 is 5.32 Å². The molecule has 0 aliphatic heterocycles. The molecule has 0 saturated heterocycles. The van der Waals surface area contributed by atoms with Gasteiger partial charge in [-0.25, -0.2) is 0 Å². The molecule has 20 heavy (non-hydrogen) atoms. The van der Waals surface area contributed by atoms with Gasteiger partial charge in [0.15, 0.2) is 5.78 Å². The Morgan fingerprint density at radius 2 is 1.95 bits per heavy atom. The van der Waals surface area contributed by atoms with Crippen LogP contribution in [0, 0.1) is 10.1 Å². The third-order valence-corrected chi connectivity index (χ3v) is 2.59. The Bertz CT molecular complexity index is 675. The molecule has 8 nitrogen and oxygen atoms in total. The lowest BCUT2D eigenvalue weighted by atomic mass is 10.1. The maximum absolute atomic E-state index is 11.9. The topological polar surface area (TPSA) is 118 Å². The number of Topliss-reactive ketones (excluding diaryl/α,β-unsaturated/α-hetero) is 1. The summed E-state index contributed by atoms with van der Waals surface area (Å²) in [6.07, 6.45) is 0.966. The lowest BCUT2D eigenvalue weighted by Crippen LogP contribution is -2.14. The van der Waals surface area contributed by atoms with Crippen LogP contribution in [0.3, 0.4) is 0 Å². The van der Waals surface area contributed by atoms with Gasteiger partial charge in [-0.15, -0.1) is 0 Å². The first-order chi connectivity index (χ1) is 9.49. The van der Waals surface area contributed by atoms with E-state index in [9.17, 15) is 19.7 Å². The van der Waals surface area contributed by atoms with E-state index in [-0.39, 0.29) is 11.5 Å². The van der Waals surface area contributed by atoms with Crippen molar-refractivity contribution in [1.82, 2.24) is 10.2 Å². The van der Waals surface area contributed by atoms with Crippen LogP contribution < -0.4 is 5.32 Å². The molecule has 2 aromatic rings. The number of hydrogen-bond acceptors (Lipinski definition) is 5. The Kier molecular flexibility index (Phi) is 3.56. The molecular formula is C12H10N4O4. The highest BCUT2D eigenvalue weighted by Crippen LogP contribution is 2.17. The maximum Gasteiger partial charge on any atom is 0.319 e. The van der Waals surface area contributed by atoms with Gasteiger partial charge in [0.25, 0.3) is 5.91 Å². The average Bonchev–Trinajstić information content (AvgIpc) is 2.88. The van der Waals surface area contributed by atoms with E-state index in [1.807, 2.05) is 0 Å². The molecule has 0 atom stereocenters. The van der Waals surface area contributed by atoms with Crippen molar-refractivity contribution < 1.29 is 14.5 Å². The Morgan fingerprint density at radius 1 is 1.30 bits per heavy atom. The zero-order chi connectivity index (χ0) is 14.7. The SMILES string of the molecule is CC(=O)c1ccc(NC(=O)c2[nH]ncc2[N+](=O)[O-])cc1. The molecule has 2 rings (SSSR count). The van der Waals surface area contributed by atoms with Gasteiger partial charge in [-0.05, 0) is 31.2 Å². The number of aromatic nitrogens is 2. The van der Waals surface area contributed by atoms with Crippen LogP contribution in [-0.2, 0) is 0 Å². The molecule has 0 saturated carbocycles. The van der Waals surface area contributed by atoms with Crippen LogP contribution >= 0.6 is 0 Å². The quantitative estimate of drug-likeness (QED) is 0.500. The van der Waals surface area contributed by atoms with Crippen molar-refractivity contribution in [2.75, 3.05) is 5.32 Å². The number of anilines is 1. The smallest absolute Gasteiger partial charge is 0.319 e. The van der Waals surface area contributed by atoms with Gasteiger partial charge in [-0.2, -0.15) is 5.10 Å². The molecular weight excluding hydrogens is 264 g/mol. The van der Waals surface area contributed by atoms with Gasteiger partial charge in [0.2, 0.25) is 5.69 Å². The average molecular weight is 274 g/mol. The summed E-state index contributed by atoms with van der Waals surface area (Å²) in [6.45, 7) is 1.43. The normalized spacial score (nSPS) is 10.1. The predicted octanol–water partition coefficient (Wildman–Crippen LogP) is 1.77. The summed E-state index contributed by atoms with van der Waals surface area (Å²) in [7, 11) is 0. The molecule has 1 aromatic heterocycles. The highest BCUT2D eigenvalue weighted by molar-refractivity contribution is 6.05. The number of nitrogens with zero attached hydrogens (tertiary/aromatic N) is 2. The number of H-pyrrole nitrogens is 1. The van der Waals surface area contributed by atoms with Crippen molar-refractivity contribution in [2.24, 2.45) is 0 Å². The lowest BCUT2D eigenvalue weighted by Gasteiger charge is -2.04. The molecule has 0 spiro atoms. The van der Waals surface area contributed by atoms with Crippen LogP contribution in [0.2, 0.25) is 0 Å². The van der Waals surface area contributed by atoms with Crippen LogP contribution in [0.25, 0.3) is 0 Å². The monoisotopic (exact) mass is 274 g/mol. The Hall–Kier alpha value is -3.03. The molecule has 0 aliphatic rings. The molecule has 102 valence electrons. The zero-order valence-corrected chi connectivity index (χ0v) is 10.4. The first kappa shape index (κ1) is 13.4. The minimum atomic E-state index is -0.697. The third kappa shape index (κ3) is 2.69. The van der Waals surface area contributed by atoms with E-state index in [2.05, 4.69) is 15.5 Å². The minimum absolute atomic E-state index is 0.0907. The third-order valence-electron chi connectivity index (χ3n) is 2.59. The second-order valence-electron chi connectivity index (χ2n) is 3.98. The molecule has 0 aliphatic carbocycles. The highest BCUT2D eigenvalue weighted by atomic mass is 16.6. The molecule has 2 N–H and O–H groups in total. The van der Waals surface area contributed by atoms with Gasteiger partial charge in [-0.1, -0.05) is 0 Å². The molecule has 0 radical (unpaired) electrons. The molecule has 0 bridgehead atoms. The van der Waals surface area contributed by atoms with Gasteiger partial charge in [0.05, 0.1) is 4.92 Å². The summed E-state index contributed by atoms with van der Waals surface area (Å²) in [5.74, 6) is -0.767. The second-order valence-corrected chi connectivity index (χ2v) is 3.98. The Morgan fingerprint density at radius 3 is 2.50 bits per heavy atom. The summed E-state index contributed by atoms with van der Waals surface area (Å²) < 4.78 is 0. The minimum Gasteiger partial charge on any atom is -0.320 e. The van der Waals surface area contributed by atoms with E-state index in [0.29, 0.717) is 11.3 Å². The van der Waals surface area contributed by atoms with Gasteiger partial charge in [0, 0.05) is 11.3 Å². The van der Waals surface area contributed by atoms with Crippen molar-refractivity contribution >= 4 is 23.1 Å². The van der Waals surface area contributed by atoms with E-state index in [1.165, 1.54) is 19.1 Å². The standard InChI is InChI=1S/C12H10N4O4/c1-7(17)8-2-4-9(5-3-8)14-12(18)11-10(16(19)20)6-13-15-11/h2-6H,1H3,(H,13,15)(H,14,18). The zero-order valence-electron chi connectivity index (χ0n) is 10.4. The van der Waals surface area contributed by atoms with Gasteiger partial charge in [-0.3, -0.25) is 24.8 Å². The van der Waals surface area contributed by atoms with Gasteiger partial charge in [0.1, 0.15) is 6.20 Å². The van der Waals surface area contributed by atoms with Crippen molar-refractivity contribution in [2.45, 2.75) is 6.92 Å². The number of nitrogens with one attached hydrogen (secondary N) is 2. The number of aromatic amines is 1. The molecule has 0 unspecified atom stereocenters. The van der Waals surface area contributed by atoms with Crippen LogP contribution in [0.5, 0.6) is 0 Å². The number of ketones is 1. The van der Waals surface area contributed by atoms with Crippen molar-refractivity contribution in [3.63, 3.8) is 0 Å². The van der Waals surface area contributed by atoms with Crippen LogP contribution in [0.4, 0.5) is 11.4 Å². The summed E-state index contributed by atoms with van der Waals surface area (Å²) in [4.78, 5) is 33.0. The van der Waals surface area contributed by atoms with E-state index in [0.717, 1.165) is 6.20 Å². The summed E-state index contributed by atoms with van der Waals surface area (Å²) in [5, 5.41) is 18.9. The number of hydrogen-bond donors (Lipinski definition) is 2. The number of carbonyl (C=O) groups excluding carboxylic acids is 2. The lowest BCUT2D eigenvalue weighted by molar-refractivity contribution is -0.385. The van der Waals surface area contributed by atoms with E-state index in [4.69, 9.17) is 0 Å². The predicted molar refractivity (Wildman–Crippen MR) is 69.6 cm³/mol. The van der Waals surface area contributed by atoms with Crippen LogP contribution in [0.15, 0.2) is 30.5 Å². The first-order valence-electron chi connectivity index (χ1n) is 5.59. The van der Waals surface area contributed by atoms with Crippen LogP contribution in [0.1, 0.15) is 27.8 Å². The number of benzene rings is 1. The van der Waals surface area contributed by atoms with Crippen LogP contribution in [-0.4, -0.2) is 26.8 Å². The van der Waals surface area contributed by atoms with Gasteiger partial charge >= 0.3 is 5.69 Å². The number of amides is 1. The molecule has 1 heterocycles.